The monoisotopic (exact) mass is 390 g/mol. The van der Waals surface area contributed by atoms with Crippen molar-refractivity contribution in [2.75, 3.05) is 37.6 Å². The van der Waals surface area contributed by atoms with Gasteiger partial charge < -0.3 is 19.5 Å². The van der Waals surface area contributed by atoms with Crippen LogP contribution >= 0.6 is 12.4 Å². The molecule has 0 radical (unpaired) electrons. The first-order valence-electron chi connectivity index (χ1n) is 9.96. The van der Waals surface area contributed by atoms with E-state index in [1.54, 1.807) is 0 Å². The number of nitrogens with zero attached hydrogens (tertiary/aromatic N) is 3. The largest absolute Gasteiger partial charge is 0.423 e. The number of halogens is 1. The second-order valence-corrected chi connectivity index (χ2v) is 7.91. The van der Waals surface area contributed by atoms with E-state index < -0.39 is 0 Å². The Labute approximate surface area is 165 Å². The average molecular weight is 391 g/mol. The minimum Gasteiger partial charge on any atom is -0.423 e. The van der Waals surface area contributed by atoms with Gasteiger partial charge in [0.15, 0.2) is 5.58 Å². The Morgan fingerprint density at radius 3 is 2.59 bits per heavy atom. The summed E-state index contributed by atoms with van der Waals surface area (Å²) in [5.74, 6) is 0.595. The van der Waals surface area contributed by atoms with Crippen LogP contribution in [0.4, 0.5) is 6.01 Å². The van der Waals surface area contributed by atoms with E-state index in [1.165, 1.54) is 45.2 Å². The molecule has 6 nitrogen and oxygen atoms in total. The van der Waals surface area contributed by atoms with Gasteiger partial charge in [0.1, 0.15) is 5.52 Å². The molecule has 1 atom stereocenters. The number of piperidine rings is 4. The molecule has 0 spiro atoms. The zero-order valence-corrected chi connectivity index (χ0v) is 16.3. The number of aromatic nitrogens is 1. The fourth-order valence-electron chi connectivity index (χ4n) is 4.72. The summed E-state index contributed by atoms with van der Waals surface area (Å²) in [6.45, 7) is 5.29. The second kappa shape index (κ2) is 7.68. The van der Waals surface area contributed by atoms with Crippen molar-refractivity contribution in [2.45, 2.75) is 38.1 Å². The van der Waals surface area contributed by atoms with E-state index in [0.29, 0.717) is 28.6 Å². The number of amides is 1. The van der Waals surface area contributed by atoms with Crippen LogP contribution in [0.5, 0.6) is 0 Å². The van der Waals surface area contributed by atoms with E-state index >= 15 is 0 Å². The van der Waals surface area contributed by atoms with Gasteiger partial charge in [-0.05, 0) is 63.2 Å². The van der Waals surface area contributed by atoms with Crippen molar-refractivity contribution in [3.05, 3.63) is 23.8 Å². The van der Waals surface area contributed by atoms with Gasteiger partial charge in [0.25, 0.3) is 11.9 Å². The molecular weight excluding hydrogens is 364 g/mol. The van der Waals surface area contributed by atoms with Crippen LogP contribution in [-0.4, -0.2) is 54.6 Å². The zero-order valence-electron chi connectivity index (χ0n) is 15.5. The molecule has 4 aliphatic rings. The average Bonchev–Trinajstić information content (AvgIpc) is 3.14. The second-order valence-electron chi connectivity index (χ2n) is 7.91. The molecule has 0 aliphatic carbocycles. The SMILES string of the molecule is Cl.O=C(N[C@@H]1CN2CCC1CC2)c1cccc2oc(N3CCCCC3)nc12. The Kier molecular flexibility index (Phi) is 5.28. The molecule has 4 saturated heterocycles. The van der Waals surface area contributed by atoms with Crippen molar-refractivity contribution in [3.8, 4) is 0 Å². The highest BCUT2D eigenvalue weighted by atomic mass is 35.5. The lowest BCUT2D eigenvalue weighted by Crippen LogP contribution is -2.57. The van der Waals surface area contributed by atoms with Crippen molar-refractivity contribution in [1.82, 2.24) is 15.2 Å². The quantitative estimate of drug-likeness (QED) is 0.872. The van der Waals surface area contributed by atoms with Crippen molar-refractivity contribution in [2.24, 2.45) is 5.92 Å². The number of anilines is 1. The molecule has 1 aromatic carbocycles. The Hall–Kier alpha value is -1.79. The fourth-order valence-corrected chi connectivity index (χ4v) is 4.72. The van der Waals surface area contributed by atoms with Crippen molar-refractivity contribution in [1.29, 1.82) is 0 Å². The summed E-state index contributed by atoms with van der Waals surface area (Å²) < 4.78 is 5.96. The van der Waals surface area contributed by atoms with Crippen LogP contribution in [0.1, 0.15) is 42.5 Å². The number of oxazole rings is 1. The number of hydrogen-bond donors (Lipinski definition) is 1. The van der Waals surface area contributed by atoms with Gasteiger partial charge in [-0.3, -0.25) is 4.79 Å². The molecule has 1 N–H and O–H groups in total. The number of carbonyl (C=O) groups is 1. The van der Waals surface area contributed by atoms with Crippen LogP contribution in [-0.2, 0) is 0 Å². The van der Waals surface area contributed by atoms with E-state index in [0.717, 1.165) is 19.6 Å². The molecule has 5 heterocycles. The lowest BCUT2D eigenvalue weighted by atomic mass is 9.84. The highest BCUT2D eigenvalue weighted by Gasteiger charge is 2.35. The number of fused-ring (bicyclic) bond motifs is 4. The van der Waals surface area contributed by atoms with Gasteiger partial charge in [-0.1, -0.05) is 6.07 Å². The van der Waals surface area contributed by atoms with Crippen LogP contribution in [0.3, 0.4) is 0 Å². The summed E-state index contributed by atoms with van der Waals surface area (Å²) in [4.78, 5) is 22.3. The number of nitrogens with one attached hydrogen (secondary N) is 1. The Balaban J connectivity index is 0.00000180. The summed E-state index contributed by atoms with van der Waals surface area (Å²) in [6.07, 6.45) is 6.00. The van der Waals surface area contributed by atoms with E-state index in [-0.39, 0.29) is 24.4 Å². The highest BCUT2D eigenvalue weighted by molar-refractivity contribution is 6.04. The summed E-state index contributed by atoms with van der Waals surface area (Å²) in [7, 11) is 0. The van der Waals surface area contributed by atoms with Crippen LogP contribution in [0.25, 0.3) is 11.1 Å². The summed E-state index contributed by atoms with van der Waals surface area (Å²) in [5.41, 5.74) is 2.02. The fraction of sp³-hybridized carbons (Fsp3) is 0.600. The Morgan fingerprint density at radius 1 is 1.11 bits per heavy atom. The first-order chi connectivity index (χ1) is 12.8. The molecule has 4 fully saturated rings. The summed E-state index contributed by atoms with van der Waals surface area (Å²) in [6, 6.07) is 6.57. The Bertz CT molecular complexity index is 809. The first kappa shape index (κ1) is 18.6. The standard InChI is InChI=1S/C20H26N4O2.ClH/c25-19(21-16-13-23-11-7-14(16)8-12-23)15-5-4-6-17-18(15)22-20(26-17)24-9-2-1-3-10-24;/h4-6,14,16H,1-3,7-13H2,(H,21,25);1H/t16-;/m1./s1. The smallest absolute Gasteiger partial charge is 0.298 e. The molecular formula is C20H27ClN4O2. The molecule has 4 aliphatic heterocycles. The number of carbonyl (C=O) groups excluding carboxylic acids is 1. The predicted molar refractivity (Wildman–Crippen MR) is 108 cm³/mol. The van der Waals surface area contributed by atoms with E-state index in [9.17, 15) is 4.79 Å². The molecule has 0 saturated carbocycles. The molecule has 27 heavy (non-hydrogen) atoms. The maximum absolute atomic E-state index is 13.0. The van der Waals surface area contributed by atoms with Crippen LogP contribution in [0, 0.1) is 5.92 Å². The normalized spacial score (nSPS) is 27.4. The topological polar surface area (TPSA) is 61.6 Å². The third kappa shape index (κ3) is 3.52. The minimum absolute atomic E-state index is 0. The Morgan fingerprint density at radius 2 is 1.89 bits per heavy atom. The number of rotatable bonds is 3. The van der Waals surface area contributed by atoms with Crippen molar-refractivity contribution >= 4 is 35.4 Å². The molecule has 2 aromatic rings. The van der Waals surface area contributed by atoms with Gasteiger partial charge in [-0.2, -0.15) is 4.98 Å². The third-order valence-corrected chi connectivity index (χ3v) is 6.25. The highest BCUT2D eigenvalue weighted by Crippen LogP contribution is 2.29. The summed E-state index contributed by atoms with van der Waals surface area (Å²) in [5, 5.41) is 3.27. The molecule has 2 bridgehead atoms. The molecule has 6 rings (SSSR count). The zero-order chi connectivity index (χ0) is 17.5. The van der Waals surface area contributed by atoms with Crippen molar-refractivity contribution in [3.63, 3.8) is 0 Å². The van der Waals surface area contributed by atoms with Crippen LogP contribution in [0.2, 0.25) is 0 Å². The van der Waals surface area contributed by atoms with Gasteiger partial charge in [-0.25, -0.2) is 0 Å². The molecule has 7 heteroatoms. The lowest BCUT2D eigenvalue weighted by Gasteiger charge is -2.44. The van der Waals surface area contributed by atoms with Gasteiger partial charge in [0.2, 0.25) is 0 Å². The maximum atomic E-state index is 13.0. The number of benzene rings is 1. The molecule has 0 unspecified atom stereocenters. The van der Waals surface area contributed by atoms with Crippen LogP contribution < -0.4 is 10.2 Å². The van der Waals surface area contributed by atoms with Crippen LogP contribution in [0.15, 0.2) is 22.6 Å². The first-order valence-corrected chi connectivity index (χ1v) is 9.96. The van der Waals surface area contributed by atoms with Gasteiger partial charge in [0, 0.05) is 25.7 Å². The van der Waals surface area contributed by atoms with E-state index in [4.69, 9.17) is 4.42 Å². The minimum atomic E-state index is -0.0205. The van der Waals surface area contributed by atoms with E-state index in [2.05, 4.69) is 20.1 Å². The number of para-hydroxylation sites is 1. The third-order valence-electron chi connectivity index (χ3n) is 6.25. The molecule has 1 amide bonds. The summed E-state index contributed by atoms with van der Waals surface area (Å²) >= 11 is 0. The van der Waals surface area contributed by atoms with Gasteiger partial charge in [0.05, 0.1) is 5.56 Å². The molecule has 146 valence electrons. The van der Waals surface area contributed by atoms with Gasteiger partial charge >= 0.3 is 0 Å². The lowest BCUT2D eigenvalue weighted by molar-refractivity contribution is 0.0621. The molecule has 1 aromatic heterocycles. The van der Waals surface area contributed by atoms with E-state index in [1.807, 2.05) is 18.2 Å². The van der Waals surface area contributed by atoms with Crippen molar-refractivity contribution < 1.29 is 9.21 Å². The number of hydrogen-bond acceptors (Lipinski definition) is 5. The maximum Gasteiger partial charge on any atom is 0.298 e. The van der Waals surface area contributed by atoms with Gasteiger partial charge in [-0.15, -0.1) is 12.4 Å². The predicted octanol–water partition coefficient (Wildman–Crippen LogP) is 3.06.